The van der Waals surface area contributed by atoms with Crippen molar-refractivity contribution >= 4 is 5.91 Å². The summed E-state index contributed by atoms with van der Waals surface area (Å²) in [6, 6.07) is 0.876. The van der Waals surface area contributed by atoms with Gasteiger partial charge in [-0.15, -0.1) is 0 Å². The lowest BCUT2D eigenvalue weighted by molar-refractivity contribution is -0.120. The molecule has 1 saturated carbocycles. The second kappa shape index (κ2) is 5.64. The summed E-state index contributed by atoms with van der Waals surface area (Å²) in [4.78, 5) is 11.5. The van der Waals surface area contributed by atoms with Crippen molar-refractivity contribution in [2.75, 3.05) is 19.8 Å². The van der Waals surface area contributed by atoms with Gasteiger partial charge in [-0.3, -0.25) is 4.79 Å². The molecule has 1 saturated heterocycles. The van der Waals surface area contributed by atoms with Crippen molar-refractivity contribution in [2.24, 2.45) is 5.92 Å². The summed E-state index contributed by atoms with van der Waals surface area (Å²) in [5.41, 5.74) is 0. The van der Waals surface area contributed by atoms with Crippen LogP contribution in [0.2, 0.25) is 0 Å². The summed E-state index contributed by atoms with van der Waals surface area (Å²) in [5.74, 6) is 0.795. The fraction of sp³-hybridized carbons (Fsp3) is 0.917. The highest BCUT2D eigenvalue weighted by atomic mass is 16.5. The van der Waals surface area contributed by atoms with E-state index in [1.165, 1.54) is 0 Å². The summed E-state index contributed by atoms with van der Waals surface area (Å²) >= 11 is 0. The van der Waals surface area contributed by atoms with Gasteiger partial charge in [0.05, 0.1) is 6.54 Å². The van der Waals surface area contributed by atoms with Crippen molar-refractivity contribution in [2.45, 2.75) is 44.7 Å². The molecule has 0 radical (unpaired) electrons. The number of hydrogen-bond donors (Lipinski definition) is 2. The molecular formula is C12H22N2O2. The molecule has 0 bridgehead atoms. The van der Waals surface area contributed by atoms with Crippen LogP contribution in [0.25, 0.3) is 0 Å². The van der Waals surface area contributed by atoms with E-state index in [1.807, 2.05) is 0 Å². The van der Waals surface area contributed by atoms with Crippen LogP contribution in [0.3, 0.4) is 0 Å². The largest absolute Gasteiger partial charge is 0.381 e. The topological polar surface area (TPSA) is 50.4 Å². The third-order valence-electron chi connectivity index (χ3n) is 3.50. The molecule has 0 aromatic rings. The van der Waals surface area contributed by atoms with Crippen molar-refractivity contribution in [3.63, 3.8) is 0 Å². The molecule has 1 aliphatic carbocycles. The van der Waals surface area contributed by atoms with E-state index >= 15 is 0 Å². The van der Waals surface area contributed by atoms with E-state index in [0.717, 1.165) is 38.9 Å². The van der Waals surface area contributed by atoms with E-state index in [2.05, 4.69) is 17.6 Å². The van der Waals surface area contributed by atoms with Gasteiger partial charge in [-0.05, 0) is 38.5 Å². The Kier molecular flexibility index (Phi) is 4.18. The highest BCUT2D eigenvalue weighted by Crippen LogP contribution is 2.19. The molecule has 2 fully saturated rings. The van der Waals surface area contributed by atoms with Crippen LogP contribution < -0.4 is 10.6 Å². The Labute approximate surface area is 97.1 Å². The van der Waals surface area contributed by atoms with Crippen LogP contribution in [-0.2, 0) is 9.53 Å². The monoisotopic (exact) mass is 226 g/mol. The lowest BCUT2D eigenvalue weighted by Gasteiger charge is -2.28. The van der Waals surface area contributed by atoms with Gasteiger partial charge in [0.2, 0.25) is 5.91 Å². The predicted molar refractivity (Wildman–Crippen MR) is 62.2 cm³/mol. The maximum Gasteiger partial charge on any atom is 0.234 e. The first-order valence-corrected chi connectivity index (χ1v) is 6.36. The average molecular weight is 226 g/mol. The van der Waals surface area contributed by atoms with Crippen LogP contribution in [0.4, 0.5) is 0 Å². The van der Waals surface area contributed by atoms with Gasteiger partial charge in [0.1, 0.15) is 0 Å². The lowest BCUT2D eigenvalue weighted by Crippen LogP contribution is -2.43. The first-order valence-electron chi connectivity index (χ1n) is 6.36. The third kappa shape index (κ3) is 3.76. The van der Waals surface area contributed by atoms with Gasteiger partial charge in [-0.1, -0.05) is 0 Å². The van der Waals surface area contributed by atoms with Gasteiger partial charge in [0.25, 0.3) is 0 Å². The highest BCUT2D eigenvalue weighted by Gasteiger charge is 2.24. The van der Waals surface area contributed by atoms with E-state index in [9.17, 15) is 4.79 Å². The van der Waals surface area contributed by atoms with Crippen molar-refractivity contribution in [1.29, 1.82) is 0 Å². The van der Waals surface area contributed by atoms with E-state index in [1.54, 1.807) is 0 Å². The normalized spacial score (nSPS) is 24.1. The Hall–Kier alpha value is -0.610. The molecule has 2 N–H and O–H groups in total. The molecule has 2 rings (SSSR count). The predicted octanol–water partition coefficient (Wildman–Crippen LogP) is 0.670. The van der Waals surface area contributed by atoms with E-state index in [0.29, 0.717) is 24.5 Å². The van der Waals surface area contributed by atoms with Crippen LogP contribution in [0.1, 0.15) is 32.6 Å². The van der Waals surface area contributed by atoms with Gasteiger partial charge in [-0.25, -0.2) is 0 Å². The van der Waals surface area contributed by atoms with E-state index < -0.39 is 0 Å². The number of ether oxygens (including phenoxy) is 1. The average Bonchev–Trinajstić information content (AvgIpc) is 3.11. The number of carbonyl (C=O) groups excluding carboxylic acids is 1. The maximum atomic E-state index is 11.5. The molecule has 92 valence electrons. The summed E-state index contributed by atoms with van der Waals surface area (Å²) in [6.45, 7) is 4.35. The zero-order valence-electron chi connectivity index (χ0n) is 10.00. The zero-order chi connectivity index (χ0) is 11.4. The lowest BCUT2D eigenvalue weighted by atomic mass is 9.93. The molecular weight excluding hydrogens is 204 g/mol. The van der Waals surface area contributed by atoms with Crippen LogP contribution in [-0.4, -0.2) is 37.7 Å². The molecule has 1 amide bonds. The summed E-state index contributed by atoms with van der Waals surface area (Å²) in [5, 5.41) is 6.30. The van der Waals surface area contributed by atoms with Gasteiger partial charge < -0.3 is 15.4 Å². The summed E-state index contributed by atoms with van der Waals surface area (Å²) in [7, 11) is 0. The quantitative estimate of drug-likeness (QED) is 0.724. The molecule has 0 aromatic heterocycles. The second-order valence-electron chi connectivity index (χ2n) is 4.96. The van der Waals surface area contributed by atoms with E-state index in [4.69, 9.17) is 4.74 Å². The maximum absolute atomic E-state index is 11.5. The molecule has 1 atom stereocenters. The first kappa shape index (κ1) is 11.9. The molecule has 1 heterocycles. The van der Waals surface area contributed by atoms with Crippen LogP contribution in [0.15, 0.2) is 0 Å². The van der Waals surface area contributed by atoms with Crippen molar-refractivity contribution in [3.8, 4) is 0 Å². The SMILES string of the molecule is CC(NCC(=O)NC1CC1)C1CCOCC1. The Morgan fingerprint density at radius 1 is 1.31 bits per heavy atom. The standard InChI is InChI=1S/C12H22N2O2/c1-9(10-4-6-16-7-5-10)13-8-12(15)14-11-2-3-11/h9-11,13H,2-8H2,1H3,(H,14,15). The van der Waals surface area contributed by atoms with Crippen molar-refractivity contribution in [1.82, 2.24) is 10.6 Å². The molecule has 2 aliphatic rings. The number of nitrogens with one attached hydrogen (secondary N) is 2. The minimum atomic E-state index is 0.140. The zero-order valence-corrected chi connectivity index (χ0v) is 10.00. The highest BCUT2D eigenvalue weighted by molar-refractivity contribution is 5.78. The summed E-state index contributed by atoms with van der Waals surface area (Å²) < 4.78 is 5.33. The molecule has 1 aliphatic heterocycles. The van der Waals surface area contributed by atoms with Crippen molar-refractivity contribution < 1.29 is 9.53 Å². The molecule has 16 heavy (non-hydrogen) atoms. The number of rotatable bonds is 5. The molecule has 4 nitrogen and oxygen atoms in total. The molecule has 4 heteroatoms. The number of amides is 1. The van der Waals surface area contributed by atoms with E-state index in [-0.39, 0.29) is 5.91 Å². The van der Waals surface area contributed by atoms with Crippen LogP contribution in [0.5, 0.6) is 0 Å². The first-order chi connectivity index (χ1) is 7.75. The fourth-order valence-electron chi connectivity index (χ4n) is 2.14. The van der Waals surface area contributed by atoms with Crippen molar-refractivity contribution in [3.05, 3.63) is 0 Å². The smallest absolute Gasteiger partial charge is 0.234 e. The minimum absolute atomic E-state index is 0.140. The van der Waals surface area contributed by atoms with Gasteiger partial charge in [0.15, 0.2) is 0 Å². The van der Waals surface area contributed by atoms with Crippen LogP contribution >= 0.6 is 0 Å². The molecule has 1 unspecified atom stereocenters. The Balaban J connectivity index is 1.61. The second-order valence-corrected chi connectivity index (χ2v) is 4.96. The van der Waals surface area contributed by atoms with Gasteiger partial charge >= 0.3 is 0 Å². The summed E-state index contributed by atoms with van der Waals surface area (Å²) in [6.07, 6.45) is 4.53. The van der Waals surface area contributed by atoms with Gasteiger partial charge in [-0.2, -0.15) is 0 Å². The number of hydrogen-bond acceptors (Lipinski definition) is 3. The number of carbonyl (C=O) groups is 1. The molecule has 0 spiro atoms. The minimum Gasteiger partial charge on any atom is -0.381 e. The van der Waals surface area contributed by atoms with Gasteiger partial charge in [0, 0.05) is 25.3 Å². The fourth-order valence-corrected chi connectivity index (χ4v) is 2.14. The third-order valence-corrected chi connectivity index (χ3v) is 3.50. The Bertz CT molecular complexity index is 235. The Morgan fingerprint density at radius 3 is 2.62 bits per heavy atom. The molecule has 0 aromatic carbocycles. The Morgan fingerprint density at radius 2 is 2.00 bits per heavy atom. The van der Waals surface area contributed by atoms with Crippen LogP contribution in [0, 0.1) is 5.92 Å².